The van der Waals surface area contributed by atoms with Crippen LogP contribution in [0.1, 0.15) is 19.3 Å². The summed E-state index contributed by atoms with van der Waals surface area (Å²) in [6.07, 6.45) is 9.38. The Morgan fingerprint density at radius 1 is 1.39 bits per heavy atom. The summed E-state index contributed by atoms with van der Waals surface area (Å²) in [4.78, 5) is 6.61. The van der Waals surface area contributed by atoms with Crippen LogP contribution in [0.15, 0.2) is 58.2 Å². The molecular formula is C16H19FN6. The molecule has 1 fully saturated rings. The number of fused-ring (bicyclic) bond motifs is 6. The molecule has 0 aromatic rings. The lowest BCUT2D eigenvalue weighted by atomic mass is 9.90. The minimum Gasteiger partial charge on any atom is -0.354 e. The highest BCUT2D eigenvalue weighted by atomic mass is 19.1. The maximum Gasteiger partial charge on any atom is 0.133 e. The third-order valence-electron chi connectivity index (χ3n) is 4.55. The first-order chi connectivity index (χ1) is 11.2. The van der Waals surface area contributed by atoms with Gasteiger partial charge in [0.1, 0.15) is 23.3 Å². The maximum absolute atomic E-state index is 13.9. The molecule has 4 aliphatic rings. The molecule has 23 heavy (non-hydrogen) atoms. The summed E-state index contributed by atoms with van der Waals surface area (Å²) in [5.74, 6) is 2.30. The van der Waals surface area contributed by atoms with Gasteiger partial charge in [0.15, 0.2) is 0 Å². The molecular weight excluding hydrogens is 295 g/mol. The van der Waals surface area contributed by atoms with Gasteiger partial charge in [-0.2, -0.15) is 5.10 Å². The Hall–Kier alpha value is -2.57. The number of hydrogen-bond acceptors (Lipinski definition) is 6. The standard InChI is InChI=1S/C16H19FN6/c1-10-7-14-18-5-4-15(20-14)23-6-2-3-13(23)12-8-11(17)9-19-16(12)22-21-10/h4-5,7,9,12-13,20-21H,1-3,6,8H2,(H,19,22)/b14-7-. The summed E-state index contributed by atoms with van der Waals surface area (Å²) in [6, 6.07) is 0.195. The zero-order valence-electron chi connectivity index (χ0n) is 12.7. The fraction of sp³-hybridized carbons (Fsp3) is 0.375. The first-order valence-electron chi connectivity index (χ1n) is 7.84. The average molecular weight is 314 g/mol. The maximum atomic E-state index is 13.9. The molecule has 120 valence electrons. The van der Waals surface area contributed by atoms with E-state index in [1.807, 2.05) is 6.08 Å². The van der Waals surface area contributed by atoms with Gasteiger partial charge in [-0.3, -0.25) is 5.43 Å². The summed E-state index contributed by atoms with van der Waals surface area (Å²) in [6.45, 7) is 4.87. The lowest BCUT2D eigenvalue weighted by Gasteiger charge is -2.36. The normalized spacial score (nSPS) is 31.7. The highest BCUT2D eigenvalue weighted by Crippen LogP contribution is 2.33. The Kier molecular flexibility index (Phi) is 3.40. The lowest BCUT2D eigenvalue weighted by molar-refractivity contribution is 0.250. The van der Waals surface area contributed by atoms with Crippen molar-refractivity contribution in [2.45, 2.75) is 25.3 Å². The molecule has 4 rings (SSSR count). The van der Waals surface area contributed by atoms with Gasteiger partial charge in [-0.05, 0) is 18.9 Å². The van der Waals surface area contributed by atoms with Crippen LogP contribution in [0.2, 0.25) is 0 Å². The van der Waals surface area contributed by atoms with Gasteiger partial charge in [0.05, 0.1) is 5.70 Å². The van der Waals surface area contributed by atoms with E-state index in [0.29, 0.717) is 17.9 Å². The topological polar surface area (TPSA) is 64.0 Å². The molecule has 6 nitrogen and oxygen atoms in total. The van der Waals surface area contributed by atoms with Crippen molar-refractivity contribution in [1.82, 2.24) is 21.0 Å². The minimum atomic E-state index is -0.138. The predicted molar refractivity (Wildman–Crippen MR) is 87.7 cm³/mol. The summed E-state index contributed by atoms with van der Waals surface area (Å²) in [5, 5.41) is 10.7. The van der Waals surface area contributed by atoms with Crippen molar-refractivity contribution in [1.29, 1.82) is 0 Å². The number of aliphatic imine (C=N–C) groups is 1. The van der Waals surface area contributed by atoms with E-state index in [9.17, 15) is 4.39 Å². The Bertz CT molecular complexity index is 687. The second-order valence-corrected chi connectivity index (χ2v) is 6.07. The Morgan fingerprint density at radius 2 is 2.30 bits per heavy atom. The fourth-order valence-electron chi connectivity index (χ4n) is 3.53. The quantitative estimate of drug-likeness (QED) is 0.636. The highest BCUT2D eigenvalue weighted by Gasteiger charge is 2.38. The number of nitrogens with zero attached hydrogens (tertiary/aromatic N) is 3. The van der Waals surface area contributed by atoms with Crippen LogP contribution in [0.4, 0.5) is 4.39 Å². The van der Waals surface area contributed by atoms with E-state index in [1.165, 1.54) is 6.20 Å². The van der Waals surface area contributed by atoms with Gasteiger partial charge in [-0.25, -0.2) is 9.38 Å². The van der Waals surface area contributed by atoms with Crippen LogP contribution >= 0.6 is 0 Å². The monoisotopic (exact) mass is 314 g/mol. The number of rotatable bonds is 0. The van der Waals surface area contributed by atoms with Gasteiger partial charge in [0.2, 0.25) is 0 Å². The van der Waals surface area contributed by atoms with E-state index < -0.39 is 0 Å². The van der Waals surface area contributed by atoms with Gasteiger partial charge in [-0.15, -0.1) is 0 Å². The van der Waals surface area contributed by atoms with E-state index in [0.717, 1.165) is 31.0 Å². The summed E-state index contributed by atoms with van der Waals surface area (Å²) < 4.78 is 13.9. The SMILES string of the molecule is C=C1/C=C2/N=CC=C(N2)N2CCCC2C2CC(F)=CNC2=NN1. The zero-order chi connectivity index (χ0) is 15.8. The second kappa shape index (κ2) is 5.57. The van der Waals surface area contributed by atoms with Crippen LogP contribution in [-0.2, 0) is 0 Å². The van der Waals surface area contributed by atoms with Crippen LogP contribution < -0.4 is 16.1 Å². The molecule has 0 radical (unpaired) electrons. The van der Waals surface area contributed by atoms with E-state index in [4.69, 9.17) is 0 Å². The Balaban J connectivity index is 1.76. The minimum absolute atomic E-state index is 0.0223. The zero-order valence-corrected chi connectivity index (χ0v) is 12.7. The molecule has 0 aromatic carbocycles. The molecule has 1 saturated heterocycles. The number of amidine groups is 1. The summed E-state index contributed by atoms with van der Waals surface area (Å²) in [5.41, 5.74) is 3.55. The van der Waals surface area contributed by atoms with E-state index in [-0.39, 0.29) is 17.8 Å². The predicted octanol–water partition coefficient (Wildman–Crippen LogP) is 1.66. The molecule has 4 aliphatic heterocycles. The molecule has 2 unspecified atom stereocenters. The molecule has 0 spiro atoms. The molecule has 0 aromatic heterocycles. The van der Waals surface area contributed by atoms with Crippen molar-refractivity contribution in [2.24, 2.45) is 16.0 Å². The molecule has 0 amide bonds. The third-order valence-corrected chi connectivity index (χ3v) is 4.55. The molecule has 2 atom stereocenters. The van der Waals surface area contributed by atoms with Crippen LogP contribution in [0.3, 0.4) is 0 Å². The van der Waals surface area contributed by atoms with Crippen molar-refractivity contribution >= 4 is 12.1 Å². The van der Waals surface area contributed by atoms with Crippen molar-refractivity contribution < 1.29 is 4.39 Å². The number of hydrazone groups is 1. The van der Waals surface area contributed by atoms with Crippen LogP contribution in [0, 0.1) is 5.92 Å². The molecule has 0 aliphatic carbocycles. The smallest absolute Gasteiger partial charge is 0.133 e. The molecule has 2 bridgehead atoms. The number of halogens is 1. The number of allylic oxidation sites excluding steroid dienone is 3. The lowest BCUT2D eigenvalue weighted by Crippen LogP contribution is -2.46. The average Bonchev–Trinajstić information content (AvgIpc) is 3.02. The summed E-state index contributed by atoms with van der Waals surface area (Å²) in [7, 11) is 0. The van der Waals surface area contributed by atoms with Gasteiger partial charge in [0.25, 0.3) is 0 Å². The van der Waals surface area contributed by atoms with E-state index >= 15 is 0 Å². The molecule has 0 saturated carbocycles. The van der Waals surface area contributed by atoms with Gasteiger partial charge in [0, 0.05) is 43.4 Å². The Morgan fingerprint density at radius 3 is 3.22 bits per heavy atom. The molecule has 7 heteroatoms. The van der Waals surface area contributed by atoms with Crippen molar-refractivity contribution in [2.75, 3.05) is 6.54 Å². The molecule has 3 N–H and O–H groups in total. The van der Waals surface area contributed by atoms with E-state index in [1.54, 1.807) is 12.3 Å². The van der Waals surface area contributed by atoms with Crippen molar-refractivity contribution in [3.8, 4) is 0 Å². The van der Waals surface area contributed by atoms with Gasteiger partial charge >= 0.3 is 0 Å². The second-order valence-electron chi connectivity index (χ2n) is 6.07. The fourth-order valence-corrected chi connectivity index (χ4v) is 3.53. The van der Waals surface area contributed by atoms with E-state index in [2.05, 4.69) is 37.6 Å². The van der Waals surface area contributed by atoms with Crippen LogP contribution in [0.25, 0.3) is 0 Å². The first-order valence-corrected chi connectivity index (χ1v) is 7.84. The van der Waals surface area contributed by atoms with Crippen LogP contribution in [0.5, 0.6) is 0 Å². The first kappa shape index (κ1) is 14.0. The van der Waals surface area contributed by atoms with Crippen LogP contribution in [-0.4, -0.2) is 29.5 Å². The van der Waals surface area contributed by atoms with Gasteiger partial charge < -0.3 is 15.5 Å². The summed E-state index contributed by atoms with van der Waals surface area (Å²) >= 11 is 0. The molecule has 4 heterocycles. The van der Waals surface area contributed by atoms with Gasteiger partial charge in [-0.1, -0.05) is 6.58 Å². The number of nitrogens with one attached hydrogen (secondary N) is 3. The highest BCUT2D eigenvalue weighted by molar-refractivity contribution is 5.87. The Labute approximate surface area is 134 Å². The number of hydrogen-bond donors (Lipinski definition) is 3. The van der Waals surface area contributed by atoms with Crippen molar-refractivity contribution in [3.63, 3.8) is 0 Å². The largest absolute Gasteiger partial charge is 0.354 e. The third kappa shape index (κ3) is 2.62. The van der Waals surface area contributed by atoms with Crippen molar-refractivity contribution in [3.05, 3.63) is 48.1 Å².